The number of aromatic nitrogens is 3. The fourth-order valence-electron chi connectivity index (χ4n) is 3.63. The van der Waals surface area contributed by atoms with Gasteiger partial charge in [-0.05, 0) is 37.6 Å². The molecule has 0 spiro atoms. The third-order valence-corrected chi connectivity index (χ3v) is 5.11. The molecule has 1 amide bonds. The molecular weight excluding hydrogens is 338 g/mol. The van der Waals surface area contributed by atoms with E-state index in [1.54, 1.807) is 6.20 Å². The Labute approximate surface area is 159 Å². The Bertz CT molecular complexity index is 925. The van der Waals surface area contributed by atoms with Crippen molar-refractivity contribution >= 4 is 16.9 Å². The number of fused-ring (bicyclic) bond motifs is 1. The number of amides is 1. The zero-order valence-corrected chi connectivity index (χ0v) is 15.6. The van der Waals surface area contributed by atoms with Gasteiger partial charge in [-0.1, -0.05) is 29.8 Å². The number of hydrogen-bond donors (Lipinski definition) is 2. The predicted octanol–water partition coefficient (Wildman–Crippen LogP) is 2.18. The van der Waals surface area contributed by atoms with Gasteiger partial charge in [-0.3, -0.25) is 4.79 Å². The third-order valence-electron chi connectivity index (χ3n) is 5.11. The molecule has 1 atom stereocenters. The number of carbonyl (C=O) groups excluding carboxylic acids is 1. The normalized spacial score (nSPS) is 16.7. The molecule has 1 aromatic carbocycles. The van der Waals surface area contributed by atoms with Crippen molar-refractivity contribution in [2.45, 2.75) is 32.2 Å². The maximum absolute atomic E-state index is 12.2. The summed E-state index contributed by atoms with van der Waals surface area (Å²) in [6.45, 7) is 5.21. The summed E-state index contributed by atoms with van der Waals surface area (Å²) in [5.41, 5.74) is 4.24. The summed E-state index contributed by atoms with van der Waals surface area (Å²) in [5.74, 6) is 0.470. The first-order valence-electron chi connectivity index (χ1n) is 9.55. The predicted molar refractivity (Wildman–Crippen MR) is 106 cm³/mol. The summed E-state index contributed by atoms with van der Waals surface area (Å²) in [6.07, 6.45) is 3.30. The molecule has 1 fully saturated rings. The lowest BCUT2D eigenvalue weighted by molar-refractivity contribution is -0.120. The van der Waals surface area contributed by atoms with Gasteiger partial charge in [0.15, 0.2) is 5.65 Å². The number of rotatable bonds is 6. The molecule has 1 aliphatic heterocycles. The molecule has 1 aliphatic rings. The van der Waals surface area contributed by atoms with Crippen molar-refractivity contribution in [3.05, 3.63) is 59.4 Å². The minimum atomic E-state index is 0.0310. The maximum atomic E-state index is 12.2. The second-order valence-electron chi connectivity index (χ2n) is 7.19. The first kappa shape index (κ1) is 17.7. The Hall–Kier alpha value is -2.73. The molecule has 3 heterocycles. The van der Waals surface area contributed by atoms with Gasteiger partial charge < -0.3 is 10.6 Å². The van der Waals surface area contributed by atoms with E-state index < -0.39 is 0 Å². The lowest BCUT2D eigenvalue weighted by atomic mass is 10.0. The topological polar surface area (TPSA) is 71.8 Å². The number of aryl methyl sites for hydroxylation is 1. The number of nitrogens with zero attached hydrogens (tertiary/aromatic N) is 3. The van der Waals surface area contributed by atoms with Gasteiger partial charge in [0.05, 0.1) is 18.7 Å². The molecule has 4 rings (SSSR count). The van der Waals surface area contributed by atoms with Crippen LogP contribution in [0.1, 0.15) is 29.2 Å². The Balaban J connectivity index is 1.40. The summed E-state index contributed by atoms with van der Waals surface area (Å²) < 4.78 is 1.93. The lowest BCUT2D eigenvalue weighted by Gasteiger charge is -2.07. The van der Waals surface area contributed by atoms with Crippen LogP contribution >= 0.6 is 0 Å². The SMILES string of the molecule is Cc1ccc(CC(=O)NCCn2nc([C@@H]3CCNC3)c3cccnc32)cc1. The monoisotopic (exact) mass is 363 g/mol. The number of nitrogens with one attached hydrogen (secondary N) is 2. The Morgan fingerprint density at radius 1 is 1.30 bits per heavy atom. The number of pyridine rings is 1. The van der Waals surface area contributed by atoms with E-state index in [9.17, 15) is 4.79 Å². The first-order valence-corrected chi connectivity index (χ1v) is 9.55. The highest BCUT2D eigenvalue weighted by Crippen LogP contribution is 2.27. The van der Waals surface area contributed by atoms with Crippen molar-refractivity contribution in [1.82, 2.24) is 25.4 Å². The van der Waals surface area contributed by atoms with E-state index in [0.717, 1.165) is 41.8 Å². The molecule has 3 aromatic rings. The fraction of sp³-hybridized carbons (Fsp3) is 0.381. The van der Waals surface area contributed by atoms with Crippen LogP contribution in [-0.2, 0) is 17.8 Å². The second kappa shape index (κ2) is 7.88. The van der Waals surface area contributed by atoms with Crippen molar-refractivity contribution < 1.29 is 4.79 Å². The fourth-order valence-corrected chi connectivity index (χ4v) is 3.63. The van der Waals surface area contributed by atoms with Crippen molar-refractivity contribution in [3.8, 4) is 0 Å². The van der Waals surface area contributed by atoms with Gasteiger partial charge in [0.25, 0.3) is 0 Å². The van der Waals surface area contributed by atoms with Gasteiger partial charge in [-0.15, -0.1) is 0 Å². The molecule has 2 N–H and O–H groups in total. The smallest absolute Gasteiger partial charge is 0.224 e. The molecule has 6 heteroatoms. The van der Waals surface area contributed by atoms with Gasteiger partial charge >= 0.3 is 0 Å². The first-order chi connectivity index (χ1) is 13.2. The van der Waals surface area contributed by atoms with Crippen LogP contribution in [0.25, 0.3) is 11.0 Å². The minimum Gasteiger partial charge on any atom is -0.354 e. The number of benzene rings is 1. The zero-order valence-electron chi connectivity index (χ0n) is 15.6. The molecule has 140 valence electrons. The van der Waals surface area contributed by atoms with E-state index in [1.165, 1.54) is 5.56 Å². The summed E-state index contributed by atoms with van der Waals surface area (Å²) in [7, 11) is 0. The van der Waals surface area contributed by atoms with Crippen molar-refractivity contribution in [2.75, 3.05) is 19.6 Å². The molecule has 2 aromatic heterocycles. The van der Waals surface area contributed by atoms with Gasteiger partial charge in [0.2, 0.25) is 5.91 Å². The van der Waals surface area contributed by atoms with Gasteiger partial charge in [0.1, 0.15) is 0 Å². The third kappa shape index (κ3) is 4.01. The highest BCUT2D eigenvalue weighted by atomic mass is 16.1. The molecule has 0 radical (unpaired) electrons. The van der Waals surface area contributed by atoms with Crippen molar-refractivity contribution in [1.29, 1.82) is 0 Å². The van der Waals surface area contributed by atoms with Crippen molar-refractivity contribution in [3.63, 3.8) is 0 Å². The van der Waals surface area contributed by atoms with E-state index in [2.05, 4.69) is 21.7 Å². The van der Waals surface area contributed by atoms with E-state index in [4.69, 9.17) is 5.10 Å². The van der Waals surface area contributed by atoms with E-state index in [-0.39, 0.29) is 5.91 Å². The van der Waals surface area contributed by atoms with Crippen LogP contribution in [0.2, 0.25) is 0 Å². The average Bonchev–Trinajstić information content (AvgIpc) is 3.32. The van der Waals surface area contributed by atoms with Gasteiger partial charge in [0, 0.05) is 30.6 Å². The van der Waals surface area contributed by atoms with Crippen LogP contribution in [0.4, 0.5) is 0 Å². The van der Waals surface area contributed by atoms with Crippen LogP contribution in [0.5, 0.6) is 0 Å². The minimum absolute atomic E-state index is 0.0310. The Morgan fingerprint density at radius 2 is 2.15 bits per heavy atom. The van der Waals surface area contributed by atoms with E-state index in [0.29, 0.717) is 25.4 Å². The summed E-state index contributed by atoms with van der Waals surface area (Å²) in [4.78, 5) is 16.7. The van der Waals surface area contributed by atoms with E-state index >= 15 is 0 Å². The number of hydrogen-bond acceptors (Lipinski definition) is 4. The van der Waals surface area contributed by atoms with E-state index in [1.807, 2.05) is 41.9 Å². The van der Waals surface area contributed by atoms with Crippen LogP contribution < -0.4 is 10.6 Å². The quantitative estimate of drug-likeness (QED) is 0.704. The van der Waals surface area contributed by atoms with Crippen LogP contribution in [0.15, 0.2) is 42.6 Å². The van der Waals surface area contributed by atoms with Gasteiger partial charge in [-0.25, -0.2) is 9.67 Å². The molecule has 0 bridgehead atoms. The van der Waals surface area contributed by atoms with Crippen LogP contribution in [0, 0.1) is 6.92 Å². The van der Waals surface area contributed by atoms with Gasteiger partial charge in [-0.2, -0.15) is 5.10 Å². The standard InChI is InChI=1S/C21H25N5O/c1-15-4-6-16(7-5-15)13-19(27)23-11-12-26-21-18(3-2-9-24-21)20(25-26)17-8-10-22-14-17/h2-7,9,17,22H,8,10-14H2,1H3,(H,23,27)/t17-/m1/s1. The highest BCUT2D eigenvalue weighted by Gasteiger charge is 2.23. The van der Waals surface area contributed by atoms with Crippen molar-refractivity contribution in [2.24, 2.45) is 0 Å². The molecule has 1 saturated heterocycles. The second-order valence-corrected chi connectivity index (χ2v) is 7.19. The average molecular weight is 363 g/mol. The largest absolute Gasteiger partial charge is 0.354 e. The molecule has 27 heavy (non-hydrogen) atoms. The van der Waals surface area contributed by atoms with Crippen LogP contribution in [-0.4, -0.2) is 40.3 Å². The lowest BCUT2D eigenvalue weighted by Crippen LogP contribution is -2.29. The Morgan fingerprint density at radius 3 is 2.93 bits per heavy atom. The molecule has 0 aliphatic carbocycles. The summed E-state index contributed by atoms with van der Waals surface area (Å²) in [6, 6.07) is 12.1. The summed E-state index contributed by atoms with van der Waals surface area (Å²) >= 11 is 0. The molecule has 6 nitrogen and oxygen atoms in total. The molecule has 0 unspecified atom stereocenters. The highest BCUT2D eigenvalue weighted by molar-refractivity contribution is 5.79. The summed E-state index contributed by atoms with van der Waals surface area (Å²) in [5, 5.41) is 12.3. The molecular formula is C21H25N5O. The van der Waals surface area contributed by atoms with Crippen LogP contribution in [0.3, 0.4) is 0 Å². The zero-order chi connectivity index (χ0) is 18.6. The Kier molecular flexibility index (Phi) is 5.16. The molecule has 0 saturated carbocycles. The maximum Gasteiger partial charge on any atom is 0.224 e. The number of carbonyl (C=O) groups is 1.